The quantitative estimate of drug-likeness (QED) is 0.479. The average molecular weight is 401 g/mol. The van der Waals surface area contributed by atoms with Crippen LogP contribution >= 0.6 is 0 Å². The highest BCUT2D eigenvalue weighted by molar-refractivity contribution is 5.93. The van der Waals surface area contributed by atoms with Crippen LogP contribution in [0.3, 0.4) is 0 Å². The minimum absolute atomic E-state index is 0.226. The average Bonchev–Trinajstić information content (AvgIpc) is 2.72. The molecule has 0 aromatic heterocycles. The first-order valence-electron chi connectivity index (χ1n) is 9.41. The number of carbonyl (C=O) groups is 2. The summed E-state index contributed by atoms with van der Waals surface area (Å²) in [7, 11) is 3.05. The zero-order valence-corrected chi connectivity index (χ0v) is 17.2. The van der Waals surface area contributed by atoms with Gasteiger partial charge in [0.25, 0.3) is 5.91 Å². The van der Waals surface area contributed by atoms with Gasteiger partial charge in [-0.05, 0) is 55.3 Å². The SMILES string of the molecule is CCCCOC(=O)c1ccc(NC(=O)COc2c(OC)cc(C)cc2OC)cc1. The molecule has 0 saturated carbocycles. The standard InChI is InChI=1S/C22H27NO6/c1-5-6-11-28-22(25)16-7-9-17(10-8-16)23-20(24)14-29-21-18(26-3)12-15(2)13-19(21)27-4/h7-10,12-13H,5-6,11,14H2,1-4H3,(H,23,24). The number of anilines is 1. The predicted octanol–water partition coefficient (Wildman–Crippen LogP) is 3.99. The van der Waals surface area contributed by atoms with E-state index in [0.29, 0.717) is 35.1 Å². The van der Waals surface area contributed by atoms with Gasteiger partial charge in [0.2, 0.25) is 5.75 Å². The van der Waals surface area contributed by atoms with Gasteiger partial charge < -0.3 is 24.3 Å². The molecule has 0 radical (unpaired) electrons. The van der Waals surface area contributed by atoms with E-state index in [9.17, 15) is 9.59 Å². The summed E-state index contributed by atoms with van der Waals surface area (Å²) in [4.78, 5) is 24.1. The van der Waals surface area contributed by atoms with Crippen LogP contribution in [0.2, 0.25) is 0 Å². The van der Waals surface area contributed by atoms with Crippen LogP contribution in [0.25, 0.3) is 0 Å². The maximum atomic E-state index is 12.2. The Morgan fingerprint density at radius 2 is 1.62 bits per heavy atom. The molecule has 0 atom stereocenters. The maximum absolute atomic E-state index is 12.2. The number of carbonyl (C=O) groups excluding carboxylic acids is 2. The fourth-order valence-corrected chi connectivity index (χ4v) is 2.57. The first-order chi connectivity index (χ1) is 14.0. The molecular formula is C22H27NO6. The number of amides is 1. The third-order valence-corrected chi connectivity index (χ3v) is 4.09. The van der Waals surface area contributed by atoms with Crippen LogP contribution in [0.5, 0.6) is 17.2 Å². The normalized spacial score (nSPS) is 10.2. The van der Waals surface area contributed by atoms with Gasteiger partial charge in [-0.2, -0.15) is 0 Å². The van der Waals surface area contributed by atoms with Crippen molar-refractivity contribution in [3.8, 4) is 17.2 Å². The van der Waals surface area contributed by atoms with Crippen molar-refractivity contribution in [3.63, 3.8) is 0 Å². The number of rotatable bonds is 10. The lowest BCUT2D eigenvalue weighted by atomic mass is 10.2. The van der Waals surface area contributed by atoms with Crippen LogP contribution in [-0.2, 0) is 9.53 Å². The second-order valence-electron chi connectivity index (χ2n) is 6.40. The molecule has 29 heavy (non-hydrogen) atoms. The van der Waals surface area contributed by atoms with Gasteiger partial charge in [-0.3, -0.25) is 4.79 Å². The number of esters is 1. The van der Waals surface area contributed by atoms with E-state index in [4.69, 9.17) is 18.9 Å². The van der Waals surface area contributed by atoms with Gasteiger partial charge in [-0.1, -0.05) is 13.3 Å². The molecule has 7 nitrogen and oxygen atoms in total. The molecule has 0 fully saturated rings. The molecule has 156 valence electrons. The zero-order valence-electron chi connectivity index (χ0n) is 17.2. The number of benzene rings is 2. The van der Waals surface area contributed by atoms with Gasteiger partial charge in [0.15, 0.2) is 18.1 Å². The lowest BCUT2D eigenvalue weighted by Gasteiger charge is -2.15. The number of unbranched alkanes of at least 4 members (excludes halogenated alkanes) is 1. The smallest absolute Gasteiger partial charge is 0.338 e. The van der Waals surface area contributed by atoms with Gasteiger partial charge in [0.1, 0.15) is 0 Å². The van der Waals surface area contributed by atoms with Crippen molar-refractivity contribution in [2.75, 3.05) is 32.8 Å². The van der Waals surface area contributed by atoms with E-state index in [0.717, 1.165) is 18.4 Å². The molecule has 1 amide bonds. The Morgan fingerprint density at radius 3 is 2.17 bits per heavy atom. The third kappa shape index (κ3) is 6.41. The molecule has 0 unspecified atom stereocenters. The molecule has 2 aromatic rings. The summed E-state index contributed by atoms with van der Waals surface area (Å²) in [6.07, 6.45) is 1.79. The van der Waals surface area contributed by atoms with E-state index in [1.165, 1.54) is 14.2 Å². The Labute approximate surface area is 170 Å². The van der Waals surface area contributed by atoms with Crippen LogP contribution < -0.4 is 19.5 Å². The second kappa shape index (κ2) is 10.9. The summed E-state index contributed by atoms with van der Waals surface area (Å²) in [5.41, 5.74) is 1.93. The highest BCUT2D eigenvalue weighted by Gasteiger charge is 2.15. The van der Waals surface area contributed by atoms with Crippen LogP contribution in [0, 0.1) is 6.92 Å². The Balaban J connectivity index is 1.94. The number of methoxy groups -OCH3 is 2. The highest BCUT2D eigenvalue weighted by atomic mass is 16.5. The minimum atomic E-state index is -0.377. The summed E-state index contributed by atoms with van der Waals surface area (Å²) < 4.78 is 21.4. The number of ether oxygens (including phenoxy) is 4. The van der Waals surface area contributed by atoms with Crippen molar-refractivity contribution in [1.29, 1.82) is 0 Å². The van der Waals surface area contributed by atoms with Crippen molar-refractivity contribution < 1.29 is 28.5 Å². The van der Waals surface area contributed by atoms with Crippen LogP contribution in [0.4, 0.5) is 5.69 Å². The fourth-order valence-electron chi connectivity index (χ4n) is 2.57. The first kappa shape index (κ1) is 22.1. The first-order valence-corrected chi connectivity index (χ1v) is 9.41. The molecule has 2 aromatic carbocycles. The van der Waals surface area contributed by atoms with E-state index in [-0.39, 0.29) is 18.5 Å². The van der Waals surface area contributed by atoms with E-state index >= 15 is 0 Å². The Morgan fingerprint density at radius 1 is 1.00 bits per heavy atom. The fraction of sp³-hybridized carbons (Fsp3) is 0.364. The molecule has 0 heterocycles. The Bertz CT molecular complexity index is 807. The summed E-state index contributed by atoms with van der Waals surface area (Å²) in [5.74, 6) is 0.605. The summed E-state index contributed by atoms with van der Waals surface area (Å²) in [6, 6.07) is 10.1. The summed E-state index contributed by atoms with van der Waals surface area (Å²) in [5, 5.41) is 2.72. The van der Waals surface area contributed by atoms with Gasteiger partial charge in [0, 0.05) is 5.69 Å². The van der Waals surface area contributed by atoms with Crippen molar-refractivity contribution >= 4 is 17.6 Å². The lowest BCUT2D eigenvalue weighted by molar-refractivity contribution is -0.118. The van der Waals surface area contributed by atoms with Gasteiger partial charge in [0.05, 0.1) is 26.4 Å². The number of hydrogen-bond donors (Lipinski definition) is 1. The molecule has 0 aliphatic heterocycles. The molecule has 0 aliphatic rings. The summed E-state index contributed by atoms with van der Waals surface area (Å²) >= 11 is 0. The second-order valence-corrected chi connectivity index (χ2v) is 6.40. The van der Waals surface area contributed by atoms with Crippen molar-refractivity contribution in [1.82, 2.24) is 0 Å². The van der Waals surface area contributed by atoms with Crippen LogP contribution in [0.15, 0.2) is 36.4 Å². The Kier molecular flexibility index (Phi) is 8.33. The molecule has 0 saturated heterocycles. The molecule has 1 N–H and O–H groups in total. The highest BCUT2D eigenvalue weighted by Crippen LogP contribution is 2.38. The molecule has 7 heteroatoms. The molecular weight excluding hydrogens is 374 g/mol. The molecule has 0 aliphatic carbocycles. The van der Waals surface area contributed by atoms with E-state index in [1.807, 2.05) is 13.8 Å². The van der Waals surface area contributed by atoms with Crippen LogP contribution in [-0.4, -0.2) is 39.3 Å². The van der Waals surface area contributed by atoms with E-state index in [1.54, 1.807) is 36.4 Å². The maximum Gasteiger partial charge on any atom is 0.338 e. The number of hydrogen-bond acceptors (Lipinski definition) is 6. The molecule has 2 rings (SSSR count). The van der Waals surface area contributed by atoms with Gasteiger partial charge in [-0.15, -0.1) is 0 Å². The zero-order chi connectivity index (χ0) is 21.2. The lowest BCUT2D eigenvalue weighted by Crippen LogP contribution is -2.20. The van der Waals surface area contributed by atoms with Gasteiger partial charge >= 0.3 is 5.97 Å². The number of nitrogens with one attached hydrogen (secondary N) is 1. The minimum Gasteiger partial charge on any atom is -0.493 e. The van der Waals surface area contributed by atoms with E-state index in [2.05, 4.69) is 5.32 Å². The van der Waals surface area contributed by atoms with Crippen molar-refractivity contribution in [2.45, 2.75) is 26.7 Å². The van der Waals surface area contributed by atoms with Crippen LogP contribution in [0.1, 0.15) is 35.7 Å². The predicted molar refractivity (Wildman–Crippen MR) is 110 cm³/mol. The molecule has 0 spiro atoms. The summed E-state index contributed by atoms with van der Waals surface area (Å²) in [6.45, 7) is 4.11. The van der Waals surface area contributed by atoms with E-state index < -0.39 is 0 Å². The van der Waals surface area contributed by atoms with Crippen molar-refractivity contribution in [2.24, 2.45) is 0 Å². The van der Waals surface area contributed by atoms with Crippen molar-refractivity contribution in [3.05, 3.63) is 47.5 Å². The van der Waals surface area contributed by atoms with Gasteiger partial charge in [-0.25, -0.2) is 4.79 Å². The largest absolute Gasteiger partial charge is 0.493 e. The topological polar surface area (TPSA) is 83.1 Å². The Hall–Kier alpha value is -3.22. The molecule has 0 bridgehead atoms. The third-order valence-electron chi connectivity index (χ3n) is 4.09. The number of aryl methyl sites for hydroxylation is 1. The monoisotopic (exact) mass is 401 g/mol.